The van der Waals surface area contributed by atoms with E-state index in [2.05, 4.69) is 0 Å². The first-order valence-electron chi connectivity index (χ1n) is 8.99. The molecule has 14 atom stereocenters. The molecule has 1 heteroatoms. The normalized spacial score (nSPS) is 107. The summed E-state index contributed by atoms with van der Waals surface area (Å²) in [7, 11) is 0. The molecule has 0 bridgehead atoms. The third kappa shape index (κ3) is 0.276. The first-order valence-corrected chi connectivity index (χ1v) is 9.44. The molecule has 10 aliphatic rings. The highest BCUT2D eigenvalue weighted by molar-refractivity contribution is 7.82. The highest BCUT2D eigenvalue weighted by atomic mass is 32.1. The quantitative estimate of drug-likeness (QED) is 0.640. The van der Waals surface area contributed by atoms with E-state index < -0.39 is 0 Å². The van der Waals surface area contributed by atoms with Crippen LogP contribution in [-0.4, -0.2) is 4.75 Å². The summed E-state index contributed by atoms with van der Waals surface area (Å²) in [6.45, 7) is 0. The minimum atomic E-state index is 0.597. The average molecular weight is 266 g/mol. The Bertz CT molecular complexity index is 729. The van der Waals surface area contributed by atoms with Gasteiger partial charge in [-0.3, -0.25) is 0 Å². The van der Waals surface area contributed by atoms with Crippen LogP contribution in [0, 0.1) is 74.9 Å². The molecule has 0 aliphatic heterocycles. The van der Waals surface area contributed by atoms with Gasteiger partial charge in [-0.15, -0.1) is 0 Å². The topological polar surface area (TPSA) is 0 Å². The van der Waals surface area contributed by atoms with Crippen LogP contribution in [0.5, 0.6) is 0 Å². The fourth-order valence-electron chi connectivity index (χ4n) is 14.1. The van der Waals surface area contributed by atoms with Gasteiger partial charge in [0.15, 0.2) is 0 Å². The fraction of sp³-hybridized carbons (Fsp3) is 1.00. The van der Waals surface area contributed by atoms with Crippen molar-refractivity contribution in [2.24, 2.45) is 74.9 Å². The van der Waals surface area contributed by atoms with Crippen LogP contribution in [0.25, 0.3) is 0 Å². The first kappa shape index (κ1) is 8.11. The second-order valence-electron chi connectivity index (χ2n) is 10.6. The van der Waals surface area contributed by atoms with Gasteiger partial charge < -0.3 is 0 Å². The molecular weight excluding hydrogens is 248 g/mol. The van der Waals surface area contributed by atoms with E-state index in [-0.39, 0.29) is 0 Å². The number of hydrogen-bond donors (Lipinski definition) is 1. The summed E-state index contributed by atoms with van der Waals surface area (Å²) < 4.78 is 0.597. The molecule has 10 saturated carbocycles. The van der Waals surface area contributed by atoms with E-state index >= 15 is 0 Å². The Kier molecular flexibility index (Phi) is 0.626. The lowest BCUT2D eigenvalue weighted by Gasteiger charge is -3.25. The molecule has 0 aromatic heterocycles. The second kappa shape index (κ2) is 1.47. The first-order chi connectivity index (χ1) is 9.26. The third-order valence-corrected chi connectivity index (χ3v) is 13.6. The summed E-state index contributed by atoms with van der Waals surface area (Å²) in [5.41, 5.74) is 3.91. The van der Waals surface area contributed by atoms with Crippen molar-refractivity contribution in [1.82, 2.24) is 0 Å². The molecule has 10 aliphatic carbocycles. The van der Waals surface area contributed by atoms with Crippen molar-refractivity contribution in [3.8, 4) is 0 Å². The molecule has 0 amide bonds. The molecule has 19 heavy (non-hydrogen) atoms. The van der Waals surface area contributed by atoms with E-state index in [9.17, 15) is 0 Å². The van der Waals surface area contributed by atoms with Gasteiger partial charge in [-0.2, -0.15) is 12.6 Å². The van der Waals surface area contributed by atoms with Crippen molar-refractivity contribution in [1.29, 1.82) is 0 Å². The van der Waals surface area contributed by atoms with Crippen LogP contribution in [0.1, 0.15) is 25.7 Å². The maximum absolute atomic E-state index is 5.37. The standard InChI is InChI=1S/C18H18S/c19-14-4-6-3-9-11-10-7-1-5-2-8-12-13(14)18(11,16(6,9)14)17(10,12)15(5,7)8/h5-13,19H,1-4H2. The Morgan fingerprint density at radius 3 is 2.26 bits per heavy atom. The van der Waals surface area contributed by atoms with Crippen molar-refractivity contribution < 1.29 is 0 Å². The van der Waals surface area contributed by atoms with Gasteiger partial charge in [-0.1, -0.05) is 0 Å². The van der Waals surface area contributed by atoms with Crippen molar-refractivity contribution in [3.05, 3.63) is 0 Å². The van der Waals surface area contributed by atoms with Gasteiger partial charge in [0.2, 0.25) is 0 Å². The van der Waals surface area contributed by atoms with Crippen molar-refractivity contribution in [3.63, 3.8) is 0 Å². The molecule has 0 radical (unpaired) electrons. The number of rotatable bonds is 0. The number of thiol groups is 1. The average Bonchev–Trinajstić information content (AvgIpc) is 2.28. The van der Waals surface area contributed by atoms with Gasteiger partial charge >= 0.3 is 0 Å². The minimum Gasteiger partial charge on any atom is -0.172 e. The largest absolute Gasteiger partial charge is 0.172 e. The predicted octanol–water partition coefficient (Wildman–Crippen LogP) is 2.84. The van der Waals surface area contributed by atoms with E-state index in [0.717, 1.165) is 27.6 Å². The van der Waals surface area contributed by atoms with E-state index in [0.29, 0.717) is 4.75 Å². The smallest absolute Gasteiger partial charge is 0.0237 e. The van der Waals surface area contributed by atoms with Gasteiger partial charge in [0.25, 0.3) is 0 Å². The Labute approximate surface area is 118 Å². The minimum absolute atomic E-state index is 0.597. The van der Waals surface area contributed by atoms with Crippen LogP contribution < -0.4 is 0 Å². The Morgan fingerprint density at radius 1 is 0.737 bits per heavy atom. The zero-order chi connectivity index (χ0) is 11.5. The molecule has 0 saturated heterocycles. The Hall–Kier alpha value is 0.350. The van der Waals surface area contributed by atoms with Gasteiger partial charge in [0.1, 0.15) is 0 Å². The molecule has 96 valence electrons. The van der Waals surface area contributed by atoms with Crippen molar-refractivity contribution in [2.45, 2.75) is 30.4 Å². The summed E-state index contributed by atoms with van der Waals surface area (Å²) in [6.07, 6.45) is 6.53. The lowest BCUT2D eigenvalue weighted by molar-refractivity contribution is -0.770. The zero-order valence-electron chi connectivity index (χ0n) is 11.0. The van der Waals surface area contributed by atoms with Crippen LogP contribution in [0.4, 0.5) is 0 Å². The van der Waals surface area contributed by atoms with Gasteiger partial charge in [-0.05, 0) is 101 Å². The summed E-state index contributed by atoms with van der Waals surface area (Å²) in [4.78, 5) is 0. The monoisotopic (exact) mass is 266 g/mol. The van der Waals surface area contributed by atoms with E-state index in [1.807, 2.05) is 0 Å². The Morgan fingerprint density at radius 2 is 1.47 bits per heavy atom. The maximum Gasteiger partial charge on any atom is 0.0237 e. The van der Waals surface area contributed by atoms with Gasteiger partial charge in [0, 0.05) is 4.75 Å². The number of hydrogen-bond acceptors (Lipinski definition) is 1. The Balaban J connectivity index is 1.36. The predicted molar refractivity (Wildman–Crippen MR) is 71.3 cm³/mol. The summed E-state index contributed by atoms with van der Waals surface area (Å²) in [6, 6.07) is 0. The van der Waals surface area contributed by atoms with Crippen LogP contribution >= 0.6 is 12.6 Å². The lowest BCUT2D eigenvalue weighted by Crippen LogP contribution is -3.23. The summed E-state index contributed by atoms with van der Waals surface area (Å²) >= 11 is 5.37. The number of fused-ring (bicyclic) bond motifs is 6. The highest BCUT2D eigenvalue weighted by Gasteiger charge is 3.23. The van der Waals surface area contributed by atoms with Crippen molar-refractivity contribution in [2.75, 3.05) is 0 Å². The SMILES string of the molecule is SC12CC3CC4C5C6C7CC8CC9C%10C1C5(C342)C6%10C879. The molecule has 0 heterocycles. The van der Waals surface area contributed by atoms with E-state index in [1.165, 1.54) is 53.8 Å². The molecule has 10 rings (SSSR count). The molecule has 14 unspecified atom stereocenters. The molecular formula is C18H18S. The van der Waals surface area contributed by atoms with Gasteiger partial charge in [-0.25, -0.2) is 0 Å². The molecule has 10 fully saturated rings. The zero-order valence-corrected chi connectivity index (χ0v) is 11.9. The van der Waals surface area contributed by atoms with Crippen LogP contribution in [0.3, 0.4) is 0 Å². The van der Waals surface area contributed by atoms with E-state index in [4.69, 9.17) is 12.6 Å². The molecule has 0 aromatic carbocycles. The fourth-order valence-corrected chi connectivity index (χ4v) is 15.2. The summed E-state index contributed by atoms with van der Waals surface area (Å²) in [5, 5.41) is 0. The summed E-state index contributed by atoms with van der Waals surface area (Å²) in [5.74, 6) is 11.1. The lowest BCUT2D eigenvalue weighted by atomic mass is 8.80. The molecule has 4 spiro atoms. The molecule has 0 N–H and O–H groups in total. The highest BCUT2D eigenvalue weighted by Crippen LogP contribution is 3.25. The van der Waals surface area contributed by atoms with E-state index in [1.54, 1.807) is 19.3 Å². The van der Waals surface area contributed by atoms with Crippen molar-refractivity contribution >= 4 is 12.6 Å². The maximum atomic E-state index is 5.37. The second-order valence-corrected chi connectivity index (χ2v) is 11.4. The van der Waals surface area contributed by atoms with Crippen LogP contribution in [0.15, 0.2) is 0 Å². The molecule has 0 nitrogen and oxygen atoms in total. The van der Waals surface area contributed by atoms with Crippen LogP contribution in [-0.2, 0) is 0 Å². The molecule has 0 aromatic rings. The van der Waals surface area contributed by atoms with Gasteiger partial charge in [0.05, 0.1) is 0 Å². The third-order valence-electron chi connectivity index (χ3n) is 12.7. The van der Waals surface area contributed by atoms with Crippen LogP contribution in [0.2, 0.25) is 0 Å².